The Morgan fingerprint density at radius 1 is 0.944 bits per heavy atom. The van der Waals surface area contributed by atoms with Gasteiger partial charge in [0, 0.05) is 17.4 Å². The van der Waals surface area contributed by atoms with E-state index in [-0.39, 0.29) is 0 Å². The van der Waals surface area contributed by atoms with E-state index >= 15 is 0 Å². The number of alkyl halides is 1. The van der Waals surface area contributed by atoms with Crippen molar-refractivity contribution in [1.82, 2.24) is 9.80 Å². The van der Waals surface area contributed by atoms with Crippen LogP contribution in [-0.4, -0.2) is 53.9 Å². The fourth-order valence-electron chi connectivity index (χ4n) is 3.63. The maximum absolute atomic E-state index is 3.61. The lowest BCUT2D eigenvalue weighted by Crippen LogP contribution is -2.44. The predicted molar refractivity (Wildman–Crippen MR) is 82.5 cm³/mol. The summed E-state index contributed by atoms with van der Waals surface area (Å²) in [6.45, 7) is 3.98. The van der Waals surface area contributed by atoms with E-state index in [0.717, 1.165) is 17.4 Å². The van der Waals surface area contributed by atoms with Crippen LogP contribution in [0.5, 0.6) is 0 Å². The summed E-state index contributed by atoms with van der Waals surface area (Å²) in [5.74, 6) is 0. The summed E-state index contributed by atoms with van der Waals surface area (Å²) >= 11 is 3.61. The first-order valence-corrected chi connectivity index (χ1v) is 8.93. The predicted octanol–water partition coefficient (Wildman–Crippen LogP) is 3.50. The maximum Gasteiger partial charge on any atom is 0.0104 e. The molecule has 0 saturated carbocycles. The van der Waals surface area contributed by atoms with Crippen molar-refractivity contribution >= 4 is 15.9 Å². The molecule has 0 radical (unpaired) electrons. The molecule has 0 bridgehead atoms. The Kier molecular flexibility index (Phi) is 6.46. The van der Waals surface area contributed by atoms with Crippen molar-refractivity contribution in [2.45, 2.75) is 63.5 Å². The smallest absolute Gasteiger partial charge is 0.0104 e. The summed E-state index contributed by atoms with van der Waals surface area (Å²) in [6.07, 6.45) is 11.3. The van der Waals surface area contributed by atoms with E-state index in [2.05, 4.69) is 32.8 Å². The minimum atomic E-state index is 0.852. The Balaban J connectivity index is 1.76. The molecule has 2 rings (SSSR count). The Morgan fingerprint density at radius 3 is 2.39 bits per heavy atom. The van der Waals surface area contributed by atoms with E-state index in [1.807, 2.05) is 0 Å². The van der Waals surface area contributed by atoms with Gasteiger partial charge in [-0.25, -0.2) is 0 Å². The zero-order valence-corrected chi connectivity index (χ0v) is 13.5. The standard InChI is InChI=1S/C15H29BrN2/c1-17-11-4-2-6-14(17)9-13-18-12-5-3-7-15(18)8-10-16/h14-15H,2-13H2,1H3. The van der Waals surface area contributed by atoms with Gasteiger partial charge in [0.25, 0.3) is 0 Å². The van der Waals surface area contributed by atoms with E-state index in [1.54, 1.807) is 0 Å². The molecule has 18 heavy (non-hydrogen) atoms. The van der Waals surface area contributed by atoms with Gasteiger partial charge in [0.2, 0.25) is 0 Å². The summed E-state index contributed by atoms with van der Waals surface area (Å²) in [4.78, 5) is 5.36. The normalized spacial score (nSPS) is 31.7. The molecule has 2 saturated heterocycles. The van der Waals surface area contributed by atoms with Crippen molar-refractivity contribution in [3.05, 3.63) is 0 Å². The molecular weight excluding hydrogens is 288 g/mol. The van der Waals surface area contributed by atoms with Gasteiger partial charge in [0.1, 0.15) is 0 Å². The zero-order valence-electron chi connectivity index (χ0n) is 11.9. The summed E-state index contributed by atoms with van der Waals surface area (Å²) in [5, 5.41) is 1.16. The summed E-state index contributed by atoms with van der Waals surface area (Å²) in [5.41, 5.74) is 0. The largest absolute Gasteiger partial charge is 0.303 e. The molecular formula is C15H29BrN2. The molecule has 0 aromatic rings. The molecule has 2 heterocycles. The van der Waals surface area contributed by atoms with Gasteiger partial charge >= 0.3 is 0 Å². The van der Waals surface area contributed by atoms with E-state index < -0.39 is 0 Å². The molecule has 0 aliphatic carbocycles. The summed E-state index contributed by atoms with van der Waals surface area (Å²) in [6, 6.07) is 1.71. The third-order valence-electron chi connectivity index (χ3n) is 4.86. The Morgan fingerprint density at radius 2 is 1.67 bits per heavy atom. The molecule has 0 amide bonds. The SMILES string of the molecule is CN1CCCCC1CCN1CCCCC1CCBr. The van der Waals surface area contributed by atoms with Crippen LogP contribution in [-0.2, 0) is 0 Å². The van der Waals surface area contributed by atoms with Crippen molar-refractivity contribution in [2.75, 3.05) is 32.0 Å². The van der Waals surface area contributed by atoms with Crippen molar-refractivity contribution in [3.8, 4) is 0 Å². The maximum atomic E-state index is 3.61. The zero-order chi connectivity index (χ0) is 12.8. The molecule has 0 spiro atoms. The topological polar surface area (TPSA) is 6.48 Å². The molecule has 2 fully saturated rings. The van der Waals surface area contributed by atoms with Crippen LogP contribution < -0.4 is 0 Å². The van der Waals surface area contributed by atoms with Crippen molar-refractivity contribution in [1.29, 1.82) is 0 Å². The second-order valence-electron chi connectivity index (χ2n) is 6.08. The molecule has 2 aliphatic heterocycles. The number of likely N-dealkylation sites (tertiary alicyclic amines) is 2. The molecule has 3 heteroatoms. The first-order valence-electron chi connectivity index (χ1n) is 7.81. The number of rotatable bonds is 5. The van der Waals surface area contributed by atoms with Crippen LogP contribution in [0.4, 0.5) is 0 Å². The minimum Gasteiger partial charge on any atom is -0.303 e. The molecule has 0 N–H and O–H groups in total. The van der Waals surface area contributed by atoms with Crippen LogP contribution in [0.3, 0.4) is 0 Å². The van der Waals surface area contributed by atoms with E-state index in [1.165, 1.54) is 71.0 Å². The first-order chi connectivity index (χ1) is 8.81. The van der Waals surface area contributed by atoms with Crippen molar-refractivity contribution < 1.29 is 0 Å². The van der Waals surface area contributed by atoms with Gasteiger partial charge in [-0.15, -0.1) is 0 Å². The Bertz CT molecular complexity index is 233. The molecule has 106 valence electrons. The van der Waals surface area contributed by atoms with Crippen LogP contribution in [0.25, 0.3) is 0 Å². The van der Waals surface area contributed by atoms with Crippen LogP contribution in [0.2, 0.25) is 0 Å². The molecule has 0 aromatic heterocycles. The van der Waals surface area contributed by atoms with Crippen LogP contribution in [0.15, 0.2) is 0 Å². The lowest BCUT2D eigenvalue weighted by atomic mass is 9.97. The van der Waals surface area contributed by atoms with Gasteiger partial charge in [-0.05, 0) is 65.2 Å². The van der Waals surface area contributed by atoms with E-state index in [4.69, 9.17) is 0 Å². The second kappa shape index (κ2) is 7.86. The van der Waals surface area contributed by atoms with Crippen LogP contribution in [0.1, 0.15) is 51.4 Å². The molecule has 2 unspecified atom stereocenters. The van der Waals surface area contributed by atoms with Gasteiger partial charge < -0.3 is 9.80 Å². The molecule has 0 aromatic carbocycles. The van der Waals surface area contributed by atoms with Crippen LogP contribution in [0, 0.1) is 0 Å². The molecule has 2 aliphatic rings. The lowest BCUT2D eigenvalue weighted by Gasteiger charge is -2.38. The van der Waals surface area contributed by atoms with Gasteiger partial charge in [0.05, 0.1) is 0 Å². The summed E-state index contributed by atoms with van der Waals surface area (Å²) in [7, 11) is 2.32. The van der Waals surface area contributed by atoms with Gasteiger partial charge in [-0.2, -0.15) is 0 Å². The highest BCUT2D eigenvalue weighted by Crippen LogP contribution is 2.23. The average Bonchev–Trinajstić information content (AvgIpc) is 2.40. The van der Waals surface area contributed by atoms with Gasteiger partial charge in [-0.1, -0.05) is 28.8 Å². The highest BCUT2D eigenvalue weighted by atomic mass is 79.9. The van der Waals surface area contributed by atoms with Crippen LogP contribution >= 0.6 is 15.9 Å². The average molecular weight is 317 g/mol. The van der Waals surface area contributed by atoms with Crippen molar-refractivity contribution in [2.24, 2.45) is 0 Å². The highest BCUT2D eigenvalue weighted by Gasteiger charge is 2.24. The molecule has 2 atom stereocenters. The fraction of sp³-hybridized carbons (Fsp3) is 1.00. The quantitative estimate of drug-likeness (QED) is 0.716. The second-order valence-corrected chi connectivity index (χ2v) is 6.88. The first kappa shape index (κ1) is 14.8. The number of hydrogen-bond donors (Lipinski definition) is 0. The third-order valence-corrected chi connectivity index (χ3v) is 5.32. The highest BCUT2D eigenvalue weighted by molar-refractivity contribution is 9.09. The van der Waals surface area contributed by atoms with E-state index in [0.29, 0.717) is 0 Å². The third kappa shape index (κ3) is 4.21. The van der Waals surface area contributed by atoms with Crippen molar-refractivity contribution in [3.63, 3.8) is 0 Å². The fourth-order valence-corrected chi connectivity index (χ4v) is 4.16. The number of hydrogen-bond acceptors (Lipinski definition) is 2. The minimum absolute atomic E-state index is 0.852. The van der Waals surface area contributed by atoms with E-state index in [9.17, 15) is 0 Å². The monoisotopic (exact) mass is 316 g/mol. The summed E-state index contributed by atoms with van der Waals surface area (Å²) < 4.78 is 0. The Labute approximate surface area is 121 Å². The van der Waals surface area contributed by atoms with Gasteiger partial charge in [-0.3, -0.25) is 0 Å². The number of piperidine rings is 2. The number of halogens is 1. The Hall–Kier alpha value is 0.400. The van der Waals surface area contributed by atoms with Gasteiger partial charge in [0.15, 0.2) is 0 Å². The molecule has 2 nitrogen and oxygen atoms in total. The lowest BCUT2D eigenvalue weighted by molar-refractivity contribution is 0.111. The number of nitrogens with zero attached hydrogens (tertiary/aromatic N) is 2.